The predicted molar refractivity (Wildman–Crippen MR) is 106 cm³/mol. The fourth-order valence-corrected chi connectivity index (χ4v) is 5.59. The molecule has 2 saturated heterocycles. The van der Waals surface area contributed by atoms with E-state index in [4.69, 9.17) is 0 Å². The first-order valence-electron chi connectivity index (χ1n) is 9.36. The first kappa shape index (κ1) is 18.2. The normalized spacial score (nSPS) is 22.8. The summed E-state index contributed by atoms with van der Waals surface area (Å²) < 4.78 is 23.2. The summed E-state index contributed by atoms with van der Waals surface area (Å²) in [5.41, 5.74) is 1.50. The Bertz CT molecular complexity index is 934. The number of hydrogen-bond acceptors (Lipinski definition) is 5. The number of amides is 2. The third kappa shape index (κ3) is 4.22. The molecule has 8 heteroatoms. The minimum Gasteiger partial charge on any atom is -0.324 e. The number of benzene rings is 1. The second-order valence-corrected chi connectivity index (χ2v) is 9.57. The van der Waals surface area contributed by atoms with Crippen LogP contribution < -0.4 is 10.6 Å². The average Bonchev–Trinajstić information content (AvgIpc) is 3.01. The number of fused-ring (bicyclic) bond motifs is 1. The van der Waals surface area contributed by atoms with Gasteiger partial charge in [-0.25, -0.2) is 13.2 Å². The van der Waals surface area contributed by atoms with Crippen molar-refractivity contribution in [2.75, 3.05) is 29.9 Å². The quantitative estimate of drug-likeness (QED) is 0.839. The number of nitrogens with one attached hydrogen (secondary N) is 2. The highest BCUT2D eigenvalue weighted by Crippen LogP contribution is 2.22. The van der Waals surface area contributed by atoms with Gasteiger partial charge in [-0.1, -0.05) is 18.2 Å². The van der Waals surface area contributed by atoms with Crippen LogP contribution in [0.5, 0.6) is 0 Å². The number of carbonyl (C=O) groups excluding carboxylic acids is 1. The lowest BCUT2D eigenvalue weighted by Gasteiger charge is -2.33. The van der Waals surface area contributed by atoms with E-state index >= 15 is 0 Å². The van der Waals surface area contributed by atoms with Gasteiger partial charge in [0.05, 0.1) is 22.7 Å². The zero-order valence-electron chi connectivity index (χ0n) is 15.1. The molecular weight excluding hydrogens is 364 g/mol. The molecule has 0 saturated carbocycles. The van der Waals surface area contributed by atoms with Crippen molar-refractivity contribution < 1.29 is 13.2 Å². The van der Waals surface area contributed by atoms with Gasteiger partial charge in [0.2, 0.25) is 0 Å². The predicted octanol–water partition coefficient (Wildman–Crippen LogP) is 2.01. The van der Waals surface area contributed by atoms with E-state index in [9.17, 15) is 13.2 Å². The Kier molecular flexibility index (Phi) is 5.01. The summed E-state index contributed by atoms with van der Waals surface area (Å²) >= 11 is 0. The molecule has 2 aliphatic heterocycles. The largest absolute Gasteiger partial charge is 0.324 e. The summed E-state index contributed by atoms with van der Waals surface area (Å²) in [6.07, 6.45) is 4.07. The molecular formula is C19H24N4O3S. The second-order valence-electron chi connectivity index (χ2n) is 7.34. The van der Waals surface area contributed by atoms with Crippen LogP contribution in [0.2, 0.25) is 0 Å². The zero-order valence-corrected chi connectivity index (χ0v) is 15.9. The molecule has 2 N–H and O–H groups in total. The van der Waals surface area contributed by atoms with Gasteiger partial charge >= 0.3 is 6.03 Å². The highest BCUT2D eigenvalue weighted by Gasteiger charge is 2.31. The van der Waals surface area contributed by atoms with Crippen LogP contribution in [0.15, 0.2) is 36.5 Å². The summed E-state index contributed by atoms with van der Waals surface area (Å²) in [6.45, 7) is 1.31. The van der Waals surface area contributed by atoms with Crippen molar-refractivity contribution in [3.8, 4) is 0 Å². The van der Waals surface area contributed by atoms with Crippen LogP contribution in [0.4, 0.5) is 10.5 Å². The van der Waals surface area contributed by atoms with Gasteiger partial charge in [0.1, 0.15) is 0 Å². The third-order valence-corrected chi connectivity index (χ3v) is 7.13. The molecule has 2 fully saturated rings. The highest BCUT2D eigenvalue weighted by molar-refractivity contribution is 7.91. The smallest absolute Gasteiger partial charge is 0.321 e. The van der Waals surface area contributed by atoms with E-state index in [0.29, 0.717) is 19.5 Å². The number of rotatable bonds is 3. The minimum absolute atomic E-state index is 0.0575. The molecule has 0 unspecified atom stereocenters. The third-order valence-electron chi connectivity index (χ3n) is 5.36. The number of likely N-dealkylation sites (tertiary alicyclic amines) is 1. The lowest BCUT2D eigenvalue weighted by atomic mass is 10.0. The molecule has 27 heavy (non-hydrogen) atoms. The standard InChI is InChI=1S/C19H24N4O3S/c24-19(22-17-5-1-3-14-4-2-9-20-18(14)17)23-10-6-15(7-11-23)21-16-8-12-27(25,26)13-16/h1-5,9,15-16,21H,6-8,10-13H2,(H,22,24)/t16-/m1/s1. The average molecular weight is 388 g/mol. The molecule has 2 amide bonds. The van der Waals surface area contributed by atoms with E-state index in [0.717, 1.165) is 29.4 Å². The summed E-state index contributed by atoms with van der Waals surface area (Å²) in [5.74, 6) is 0.521. The van der Waals surface area contributed by atoms with Gasteiger partial charge in [0.15, 0.2) is 9.84 Å². The molecule has 0 aliphatic carbocycles. The molecule has 4 rings (SSSR count). The number of sulfone groups is 1. The molecule has 1 atom stereocenters. The molecule has 3 heterocycles. The van der Waals surface area contributed by atoms with Crippen LogP contribution >= 0.6 is 0 Å². The van der Waals surface area contributed by atoms with Gasteiger partial charge in [-0.2, -0.15) is 0 Å². The van der Waals surface area contributed by atoms with Crippen LogP contribution in [0.1, 0.15) is 19.3 Å². The molecule has 1 aromatic carbocycles. The van der Waals surface area contributed by atoms with Crippen molar-refractivity contribution >= 4 is 32.5 Å². The highest BCUT2D eigenvalue weighted by atomic mass is 32.2. The van der Waals surface area contributed by atoms with E-state index in [-0.39, 0.29) is 29.6 Å². The maximum Gasteiger partial charge on any atom is 0.321 e. The SMILES string of the molecule is O=C(Nc1cccc2cccnc12)N1CCC(N[C@@H]2CCS(=O)(=O)C2)CC1. The summed E-state index contributed by atoms with van der Waals surface area (Å²) in [4.78, 5) is 18.8. The number of piperidine rings is 1. The van der Waals surface area contributed by atoms with Gasteiger partial charge in [-0.3, -0.25) is 4.98 Å². The number of pyridine rings is 1. The van der Waals surface area contributed by atoms with Gasteiger partial charge in [0.25, 0.3) is 0 Å². The summed E-state index contributed by atoms with van der Waals surface area (Å²) in [5, 5.41) is 7.43. The molecule has 1 aromatic heterocycles. The van der Waals surface area contributed by atoms with Crippen LogP contribution in [-0.4, -0.2) is 61.0 Å². The zero-order chi connectivity index (χ0) is 18.9. The number of aromatic nitrogens is 1. The first-order valence-corrected chi connectivity index (χ1v) is 11.2. The molecule has 0 radical (unpaired) electrons. The fourth-order valence-electron chi connectivity index (χ4n) is 3.91. The number of carbonyl (C=O) groups is 1. The van der Waals surface area contributed by atoms with Crippen LogP contribution in [0.3, 0.4) is 0 Å². The Morgan fingerprint density at radius 1 is 1.07 bits per heavy atom. The maximum absolute atomic E-state index is 12.6. The van der Waals surface area contributed by atoms with E-state index in [1.54, 1.807) is 6.20 Å². The Labute approximate surface area is 159 Å². The van der Waals surface area contributed by atoms with E-state index in [1.165, 1.54) is 0 Å². The van der Waals surface area contributed by atoms with Crippen molar-refractivity contribution in [1.82, 2.24) is 15.2 Å². The van der Waals surface area contributed by atoms with Crippen molar-refractivity contribution in [3.63, 3.8) is 0 Å². The summed E-state index contributed by atoms with van der Waals surface area (Å²) in [6, 6.07) is 9.80. The summed E-state index contributed by atoms with van der Waals surface area (Å²) in [7, 11) is -2.87. The van der Waals surface area contributed by atoms with Crippen molar-refractivity contribution in [2.45, 2.75) is 31.3 Å². The Hall–Kier alpha value is -2.19. The van der Waals surface area contributed by atoms with E-state index in [2.05, 4.69) is 15.6 Å². The van der Waals surface area contributed by atoms with Crippen molar-refractivity contribution in [1.29, 1.82) is 0 Å². The van der Waals surface area contributed by atoms with Crippen molar-refractivity contribution in [2.24, 2.45) is 0 Å². The number of anilines is 1. The van der Waals surface area contributed by atoms with E-state index in [1.807, 2.05) is 35.2 Å². The Morgan fingerprint density at radius 3 is 2.59 bits per heavy atom. The molecule has 2 aliphatic rings. The van der Waals surface area contributed by atoms with Crippen LogP contribution in [0.25, 0.3) is 10.9 Å². The Balaban J connectivity index is 1.32. The van der Waals surface area contributed by atoms with Crippen molar-refractivity contribution in [3.05, 3.63) is 36.5 Å². The number of hydrogen-bond donors (Lipinski definition) is 2. The van der Waals surface area contributed by atoms with Gasteiger partial charge < -0.3 is 15.5 Å². The molecule has 144 valence electrons. The van der Waals surface area contributed by atoms with Crippen LogP contribution in [0, 0.1) is 0 Å². The lowest BCUT2D eigenvalue weighted by molar-refractivity contribution is 0.187. The topological polar surface area (TPSA) is 91.4 Å². The van der Waals surface area contributed by atoms with Crippen LogP contribution in [-0.2, 0) is 9.84 Å². The van der Waals surface area contributed by atoms with Gasteiger partial charge in [-0.05, 0) is 31.4 Å². The number of para-hydroxylation sites is 1. The number of urea groups is 1. The minimum atomic E-state index is -2.87. The maximum atomic E-state index is 12.6. The second kappa shape index (κ2) is 7.44. The lowest BCUT2D eigenvalue weighted by Crippen LogP contribution is -2.49. The molecule has 0 spiro atoms. The monoisotopic (exact) mass is 388 g/mol. The first-order chi connectivity index (χ1) is 13.0. The van der Waals surface area contributed by atoms with Gasteiger partial charge in [-0.15, -0.1) is 0 Å². The molecule has 0 bridgehead atoms. The fraction of sp³-hybridized carbons (Fsp3) is 0.474. The number of nitrogens with zero attached hydrogens (tertiary/aromatic N) is 2. The molecule has 7 nitrogen and oxygen atoms in total. The molecule has 2 aromatic rings. The Morgan fingerprint density at radius 2 is 1.85 bits per heavy atom. The van der Waals surface area contributed by atoms with E-state index < -0.39 is 9.84 Å². The van der Waals surface area contributed by atoms with Gasteiger partial charge in [0, 0.05) is 36.8 Å².